The minimum Gasteiger partial charge on any atom is -0.397 e. The molecule has 0 spiro atoms. The number of carbonyl (C=O) groups excluding carboxylic acids is 2. The molecule has 7 nitrogen and oxygen atoms in total. The molecule has 128 valence electrons. The van der Waals surface area contributed by atoms with Gasteiger partial charge in [-0.05, 0) is 67.8 Å². The number of benzene rings is 1. The Morgan fingerprint density at radius 3 is 2.00 bits per heavy atom. The maximum atomic E-state index is 12.5. The molecular formula is C13H16I3N3O4. The Kier molecular flexibility index (Phi) is 8.22. The third-order valence-electron chi connectivity index (χ3n) is 2.97. The second-order valence-corrected chi connectivity index (χ2v) is 8.08. The zero-order valence-electron chi connectivity index (χ0n) is 12.4. The monoisotopic (exact) mass is 659 g/mol. The van der Waals surface area contributed by atoms with Crippen LogP contribution in [0.2, 0.25) is 0 Å². The van der Waals surface area contributed by atoms with E-state index in [-0.39, 0.29) is 11.5 Å². The van der Waals surface area contributed by atoms with Gasteiger partial charge >= 0.3 is 0 Å². The lowest BCUT2D eigenvalue weighted by Crippen LogP contribution is -2.41. The first-order valence-corrected chi connectivity index (χ1v) is 9.61. The average molecular weight is 659 g/mol. The van der Waals surface area contributed by atoms with Gasteiger partial charge in [-0.3, -0.25) is 9.59 Å². The lowest BCUT2D eigenvalue weighted by Gasteiger charge is -2.20. The number of hydrogen-bond acceptors (Lipinski definition) is 5. The molecular weight excluding hydrogens is 643 g/mol. The Labute approximate surface area is 174 Å². The molecule has 0 atom stereocenters. The van der Waals surface area contributed by atoms with Gasteiger partial charge in [-0.25, -0.2) is 0 Å². The summed E-state index contributed by atoms with van der Waals surface area (Å²) in [4.78, 5) is 26.3. The van der Waals surface area contributed by atoms with Crippen LogP contribution in [0.5, 0.6) is 0 Å². The number of halogens is 3. The van der Waals surface area contributed by atoms with Crippen molar-refractivity contribution in [3.05, 3.63) is 21.8 Å². The third kappa shape index (κ3) is 4.58. The smallest absolute Gasteiger partial charge is 0.255 e. The van der Waals surface area contributed by atoms with Crippen molar-refractivity contribution >= 4 is 85.3 Å². The molecule has 1 aromatic carbocycles. The molecule has 0 heterocycles. The lowest BCUT2D eigenvalue weighted by atomic mass is 10.1. The van der Waals surface area contributed by atoms with Crippen LogP contribution >= 0.6 is 67.8 Å². The van der Waals surface area contributed by atoms with Crippen LogP contribution < -0.4 is 11.1 Å². The van der Waals surface area contributed by atoms with E-state index in [1.165, 1.54) is 4.90 Å². The van der Waals surface area contributed by atoms with Gasteiger partial charge in [-0.1, -0.05) is 0 Å². The van der Waals surface area contributed by atoms with E-state index in [9.17, 15) is 9.59 Å². The number of nitrogen functional groups attached to an aromatic ring is 1. The van der Waals surface area contributed by atoms with Crippen LogP contribution in [0.3, 0.4) is 0 Å². The fourth-order valence-corrected chi connectivity index (χ4v) is 5.82. The number of amides is 2. The molecule has 0 aliphatic rings. The molecule has 0 saturated heterocycles. The van der Waals surface area contributed by atoms with E-state index in [1.807, 2.05) is 67.8 Å². The molecule has 0 aliphatic heterocycles. The Bertz CT molecular complexity index is 634. The van der Waals surface area contributed by atoms with Crippen LogP contribution in [0, 0.1) is 10.7 Å². The molecule has 1 rings (SSSR count). The highest BCUT2D eigenvalue weighted by molar-refractivity contribution is 14.1. The number of nitrogens with zero attached hydrogens (tertiary/aromatic N) is 1. The van der Waals surface area contributed by atoms with Crippen LogP contribution in [-0.2, 0) is 0 Å². The fourth-order valence-electron chi connectivity index (χ4n) is 1.70. The van der Waals surface area contributed by atoms with Crippen molar-refractivity contribution in [3.8, 4) is 0 Å². The highest BCUT2D eigenvalue weighted by Crippen LogP contribution is 2.34. The van der Waals surface area contributed by atoms with Gasteiger partial charge in [-0.15, -0.1) is 0 Å². The Balaban J connectivity index is 3.49. The van der Waals surface area contributed by atoms with Crippen molar-refractivity contribution in [2.24, 2.45) is 0 Å². The van der Waals surface area contributed by atoms with Gasteiger partial charge < -0.3 is 26.2 Å². The molecule has 0 radical (unpaired) electrons. The second kappa shape index (κ2) is 8.96. The predicted octanol–water partition coefficient (Wildman–Crippen LogP) is 0.867. The number of carbonyl (C=O) groups is 2. The first-order valence-electron chi connectivity index (χ1n) is 6.37. The number of nitrogens with one attached hydrogen (secondary N) is 1. The number of rotatable bonds is 5. The summed E-state index contributed by atoms with van der Waals surface area (Å²) < 4.78 is 1.60. The van der Waals surface area contributed by atoms with E-state index in [2.05, 4.69) is 5.32 Å². The summed E-state index contributed by atoms with van der Waals surface area (Å²) >= 11 is 5.89. The van der Waals surface area contributed by atoms with E-state index >= 15 is 0 Å². The van der Waals surface area contributed by atoms with Gasteiger partial charge in [0, 0.05) is 17.7 Å². The predicted molar refractivity (Wildman–Crippen MR) is 112 cm³/mol. The van der Waals surface area contributed by atoms with Gasteiger partial charge in [-0.2, -0.15) is 0 Å². The topological polar surface area (TPSA) is 116 Å². The maximum Gasteiger partial charge on any atom is 0.255 e. The second-order valence-electron chi connectivity index (χ2n) is 4.84. The quantitative estimate of drug-likeness (QED) is 0.277. The summed E-state index contributed by atoms with van der Waals surface area (Å²) in [6.45, 7) is -0.780. The van der Waals surface area contributed by atoms with E-state index in [4.69, 9.17) is 15.9 Å². The van der Waals surface area contributed by atoms with Crippen molar-refractivity contribution in [3.63, 3.8) is 0 Å². The number of hydrogen-bond donors (Lipinski definition) is 4. The Morgan fingerprint density at radius 2 is 1.57 bits per heavy atom. The minimum atomic E-state index is -0.775. The highest BCUT2D eigenvalue weighted by Gasteiger charge is 2.28. The van der Waals surface area contributed by atoms with Crippen molar-refractivity contribution < 1.29 is 19.8 Å². The molecule has 23 heavy (non-hydrogen) atoms. The van der Waals surface area contributed by atoms with Gasteiger partial charge in [0.2, 0.25) is 0 Å². The maximum absolute atomic E-state index is 12.5. The Hall–Kier alpha value is 0.0700. The molecule has 1 aromatic rings. The van der Waals surface area contributed by atoms with E-state index in [0.717, 1.165) is 0 Å². The molecule has 2 amide bonds. The van der Waals surface area contributed by atoms with Crippen molar-refractivity contribution in [1.29, 1.82) is 0 Å². The molecule has 0 aliphatic carbocycles. The number of aliphatic hydroxyl groups excluding tert-OH is 2. The van der Waals surface area contributed by atoms with E-state index in [1.54, 1.807) is 14.1 Å². The van der Waals surface area contributed by atoms with Gasteiger partial charge in [0.1, 0.15) is 0 Å². The van der Waals surface area contributed by atoms with Crippen molar-refractivity contribution in [2.45, 2.75) is 6.04 Å². The Morgan fingerprint density at radius 1 is 1.09 bits per heavy atom. The minimum absolute atomic E-state index is 0.253. The zero-order chi connectivity index (χ0) is 17.9. The molecule has 0 saturated carbocycles. The van der Waals surface area contributed by atoms with Crippen LogP contribution in [0.15, 0.2) is 0 Å². The van der Waals surface area contributed by atoms with Crippen molar-refractivity contribution in [1.82, 2.24) is 10.2 Å². The number of nitrogens with two attached hydrogens (primary N) is 1. The SMILES string of the molecule is CN(C)C(=O)c1c(I)c(N)c(I)c(C(=O)NC(CO)CO)c1I. The van der Waals surface area contributed by atoms with E-state index < -0.39 is 25.2 Å². The van der Waals surface area contributed by atoms with Gasteiger partial charge in [0.25, 0.3) is 11.8 Å². The number of anilines is 1. The van der Waals surface area contributed by atoms with Crippen molar-refractivity contribution in [2.75, 3.05) is 33.0 Å². The van der Waals surface area contributed by atoms with Crippen LogP contribution in [0.1, 0.15) is 20.7 Å². The van der Waals surface area contributed by atoms with Gasteiger partial charge in [0.15, 0.2) is 0 Å². The summed E-state index contributed by atoms with van der Waals surface area (Å²) in [5.74, 6) is -0.750. The first kappa shape index (κ1) is 21.1. The molecule has 0 aromatic heterocycles. The third-order valence-corrected chi connectivity index (χ3v) is 6.29. The lowest BCUT2D eigenvalue weighted by molar-refractivity contribution is 0.0825. The molecule has 0 unspecified atom stereocenters. The van der Waals surface area contributed by atoms with Crippen LogP contribution in [0.25, 0.3) is 0 Å². The summed E-state index contributed by atoms with van der Waals surface area (Å²) in [7, 11) is 3.24. The largest absolute Gasteiger partial charge is 0.397 e. The molecule has 10 heteroatoms. The average Bonchev–Trinajstić information content (AvgIpc) is 2.50. The normalized spacial score (nSPS) is 10.8. The summed E-state index contributed by atoms with van der Waals surface area (Å²) in [6.07, 6.45) is 0. The van der Waals surface area contributed by atoms with Crippen LogP contribution in [-0.4, -0.2) is 60.3 Å². The number of aliphatic hydroxyl groups is 2. The summed E-state index contributed by atoms with van der Waals surface area (Å²) in [5, 5.41) is 20.7. The van der Waals surface area contributed by atoms with E-state index in [0.29, 0.717) is 22.0 Å². The fraction of sp³-hybridized carbons (Fsp3) is 0.385. The molecule has 0 fully saturated rings. The summed E-state index contributed by atoms with van der Waals surface area (Å²) in [6, 6.07) is -0.775. The highest BCUT2D eigenvalue weighted by atomic mass is 127. The van der Waals surface area contributed by atoms with Gasteiger partial charge in [0.05, 0.1) is 43.2 Å². The zero-order valence-corrected chi connectivity index (χ0v) is 18.8. The van der Waals surface area contributed by atoms with Crippen LogP contribution in [0.4, 0.5) is 5.69 Å². The first-order chi connectivity index (χ1) is 10.7. The summed E-state index contributed by atoms with van der Waals surface area (Å²) in [5.41, 5.74) is 7.04. The molecule has 5 N–H and O–H groups in total. The molecule has 0 bridgehead atoms. The standard InChI is InChI=1S/C13H16I3N3O4/c1-19(2)13(23)7-8(14)6(9(15)11(17)10(7)16)12(22)18-5(3-20)4-21/h5,20-21H,3-4,17H2,1-2H3,(H,18,22).